The molecule has 41 heteroatoms. The van der Waals surface area contributed by atoms with Crippen LogP contribution in [0, 0.1) is 56.2 Å². The van der Waals surface area contributed by atoms with Crippen LogP contribution in [0.4, 0.5) is 0 Å². The van der Waals surface area contributed by atoms with Crippen LogP contribution in [0.1, 0.15) is 100 Å². The number of carbonyl (C=O) groups is 1. The normalized spacial score (nSPS) is 55.4. The molecule has 13 aliphatic rings. The van der Waals surface area contributed by atoms with Crippen LogP contribution in [-0.2, 0) is 80.6 Å². The molecule has 0 aromatic heterocycles. The van der Waals surface area contributed by atoms with Crippen LogP contribution < -0.4 is 0 Å². The highest BCUT2D eigenvalue weighted by molar-refractivity contribution is 5.73. The van der Waals surface area contributed by atoms with Crippen molar-refractivity contribution >= 4 is 5.97 Å². The number of allylic oxidation sites excluding steroid dienone is 4. The molecule has 3 saturated carbocycles. The SMILES string of the molecule is CC1OC(OCC2OC(OC3C(CO)OC(OC4C(OC5C(O)C(OC6CCC7(C)C(CCC8(C)C7C=CC7C9CC(C)(C)CCC9(C)C=CC78C)C6(C)CO)OC(C(=O)O)C5O)OCC(O)C4O)C(O)C3O)C(OC3OC(CO)C(OC4OC(CO)C(OC5OC(CO)C(O)C(O)C5O)C(O)C4O)C(O)C3O)C(O)C2O)C(O)C(O)C1O. The molecular weight excluding hydrogens is 1580 g/mol. The summed E-state index contributed by atoms with van der Waals surface area (Å²) in [4.78, 5) is 13.1. The van der Waals surface area contributed by atoms with Gasteiger partial charge in [-0.05, 0) is 103 Å². The zero-order chi connectivity index (χ0) is 86.0. The minimum atomic E-state index is -2.41. The van der Waals surface area contributed by atoms with E-state index in [-0.39, 0.29) is 40.1 Å². The van der Waals surface area contributed by atoms with Gasteiger partial charge in [-0.2, -0.15) is 0 Å². The van der Waals surface area contributed by atoms with Crippen LogP contribution in [0.3, 0.4) is 0 Å². The monoisotopic (exact) mass is 1700 g/mol. The zero-order valence-corrected chi connectivity index (χ0v) is 66.8. The van der Waals surface area contributed by atoms with Crippen LogP contribution in [0.2, 0.25) is 0 Å². The highest BCUT2D eigenvalue weighted by atomic mass is 16.8. The van der Waals surface area contributed by atoms with Gasteiger partial charge in [-0.25, -0.2) is 4.79 Å². The van der Waals surface area contributed by atoms with Crippen LogP contribution >= 0.6 is 0 Å². The van der Waals surface area contributed by atoms with Crippen molar-refractivity contribution in [3.05, 3.63) is 24.3 Å². The van der Waals surface area contributed by atoms with E-state index >= 15 is 0 Å². The maximum Gasteiger partial charge on any atom is 0.335 e. The van der Waals surface area contributed by atoms with Crippen LogP contribution in [0.5, 0.6) is 0 Å². The predicted molar refractivity (Wildman–Crippen MR) is 386 cm³/mol. The van der Waals surface area contributed by atoms with Gasteiger partial charge in [0.15, 0.2) is 56.4 Å². The van der Waals surface area contributed by atoms with Gasteiger partial charge in [0, 0.05) is 5.41 Å². The van der Waals surface area contributed by atoms with E-state index in [4.69, 9.17) is 75.8 Å². The number of fused-ring (bicyclic) bond motifs is 7. The van der Waals surface area contributed by atoms with E-state index in [0.717, 1.165) is 25.7 Å². The number of aliphatic hydroxyl groups excluding tert-OH is 23. The third-order valence-corrected chi connectivity index (χ3v) is 29.1. The lowest BCUT2D eigenvalue weighted by atomic mass is 9.34. The van der Waals surface area contributed by atoms with E-state index in [1.807, 2.05) is 6.92 Å². The Morgan fingerprint density at radius 3 is 1.42 bits per heavy atom. The molecule has 5 aliphatic carbocycles. The summed E-state index contributed by atoms with van der Waals surface area (Å²) in [5.74, 6) is -1.10. The molecule has 0 spiro atoms. The standard InChI is InChI=1S/C77H124O41/c1-27-39(84)43(88)49(94)64(105-27)104-25-35-42(87)45(90)62(118-68-52(97)47(92)57(33(22-80)108-68)113-66-51(96)46(91)56(32(21-79)107-66)112-65-50(95)44(89)41(86)31(20-78)106-65)71(110-35)114-58-34(23-81)109-67(53(98)48(58)93)117-61-40(85)30(83)24-103-70(61)115-59-54(99)60(63(101)102)116-69(55(59)100)111-38-12-13-74(5)36(75(38,6)26-82)11-14-77(8)37(74)10-9-28-29-19-72(2,3)15-16-73(29,4)17-18-76(28,77)7/h9-10,17-18,27-62,64-71,78-100H,11-16,19-26H2,1-8H3,(H,101,102). The van der Waals surface area contributed by atoms with Gasteiger partial charge in [0.05, 0.1) is 58.5 Å². The number of aliphatic carboxylic acids is 1. The Morgan fingerprint density at radius 2 is 0.881 bits per heavy atom. The quantitative estimate of drug-likeness (QED) is 0.0334. The summed E-state index contributed by atoms with van der Waals surface area (Å²) in [7, 11) is 0. The second-order valence-corrected chi connectivity index (χ2v) is 36.8. The average Bonchev–Trinajstić information content (AvgIpc) is 0.675. The van der Waals surface area contributed by atoms with Crippen molar-refractivity contribution in [2.75, 3.05) is 46.2 Å². The summed E-state index contributed by atoms with van der Waals surface area (Å²) < 4.78 is 94.4. The molecule has 8 saturated heterocycles. The third-order valence-electron chi connectivity index (χ3n) is 29.1. The Kier molecular flexibility index (Phi) is 28.3. The van der Waals surface area contributed by atoms with Crippen molar-refractivity contribution in [2.24, 2.45) is 56.2 Å². The highest BCUT2D eigenvalue weighted by Crippen LogP contribution is 2.74. The van der Waals surface area contributed by atoms with E-state index < -0.39 is 302 Å². The number of carboxylic acid groups (broad SMARTS) is 1. The molecule has 678 valence electrons. The van der Waals surface area contributed by atoms with Gasteiger partial charge in [0.25, 0.3) is 0 Å². The van der Waals surface area contributed by atoms with Gasteiger partial charge >= 0.3 is 5.97 Å². The molecule has 49 unspecified atom stereocenters. The van der Waals surface area contributed by atoms with Gasteiger partial charge in [-0.15, -0.1) is 0 Å². The Balaban J connectivity index is 0.699. The fourth-order valence-corrected chi connectivity index (χ4v) is 21.5. The van der Waals surface area contributed by atoms with Crippen molar-refractivity contribution < 1.29 is 203 Å². The molecule has 0 aromatic carbocycles. The van der Waals surface area contributed by atoms with E-state index in [2.05, 4.69) is 65.8 Å². The maximum atomic E-state index is 13.1. The minimum absolute atomic E-state index is 0.0641. The lowest BCUT2D eigenvalue weighted by Crippen LogP contribution is -2.68. The molecular formula is C77H124O41. The van der Waals surface area contributed by atoms with Gasteiger partial charge < -0.3 is 198 Å². The Labute approximate surface area is 679 Å². The average molecular weight is 1710 g/mol. The first-order chi connectivity index (χ1) is 55.5. The molecule has 0 amide bonds. The van der Waals surface area contributed by atoms with E-state index in [1.165, 1.54) is 6.92 Å². The second kappa shape index (κ2) is 35.9. The number of carboxylic acids is 1. The van der Waals surface area contributed by atoms with E-state index in [9.17, 15) is 127 Å². The highest BCUT2D eigenvalue weighted by Gasteiger charge is 2.70. The molecule has 11 fully saturated rings. The Hall–Kier alpha value is -2.61. The zero-order valence-electron chi connectivity index (χ0n) is 66.8. The molecule has 24 N–H and O–H groups in total. The topological polar surface area (TPSA) is 650 Å². The van der Waals surface area contributed by atoms with Gasteiger partial charge in [0.1, 0.15) is 177 Å². The Morgan fingerprint density at radius 1 is 0.415 bits per heavy atom. The predicted octanol–water partition coefficient (Wildman–Crippen LogP) is -8.87. The number of aliphatic hydroxyl groups is 23. The van der Waals surface area contributed by atoms with Gasteiger partial charge in [0.2, 0.25) is 0 Å². The molecule has 0 bridgehead atoms. The molecule has 0 radical (unpaired) electrons. The fourth-order valence-electron chi connectivity index (χ4n) is 21.5. The van der Waals surface area contributed by atoms with Crippen LogP contribution in [-0.4, -0.2) is 420 Å². The summed E-state index contributed by atoms with van der Waals surface area (Å²) >= 11 is 0. The first kappa shape index (κ1) is 93.0. The van der Waals surface area contributed by atoms with E-state index in [1.54, 1.807) is 0 Å². The first-order valence-corrected chi connectivity index (χ1v) is 40.8. The summed E-state index contributed by atoms with van der Waals surface area (Å²) in [5.41, 5.74) is -1.54. The first-order valence-electron chi connectivity index (χ1n) is 40.8. The fraction of sp³-hybridized carbons (Fsp3) is 0.935. The number of hydrogen-bond donors (Lipinski definition) is 24. The third kappa shape index (κ3) is 16.6. The lowest BCUT2D eigenvalue weighted by molar-refractivity contribution is -0.406. The van der Waals surface area contributed by atoms with Crippen LogP contribution in [0.15, 0.2) is 24.3 Å². The van der Waals surface area contributed by atoms with Gasteiger partial charge in [-0.3, -0.25) is 0 Å². The molecule has 8 aliphatic heterocycles. The molecule has 13 rings (SSSR count). The van der Waals surface area contributed by atoms with Crippen molar-refractivity contribution in [1.82, 2.24) is 0 Å². The van der Waals surface area contributed by atoms with E-state index in [0.29, 0.717) is 31.1 Å². The van der Waals surface area contributed by atoms with Crippen molar-refractivity contribution in [2.45, 2.75) is 346 Å². The summed E-state index contributed by atoms with van der Waals surface area (Å²) in [5, 5.41) is 268. The van der Waals surface area contributed by atoms with Crippen molar-refractivity contribution in [1.29, 1.82) is 0 Å². The molecule has 0 aromatic rings. The van der Waals surface area contributed by atoms with Crippen LogP contribution in [0.25, 0.3) is 0 Å². The lowest BCUT2D eigenvalue weighted by Gasteiger charge is -2.71. The van der Waals surface area contributed by atoms with Crippen molar-refractivity contribution in [3.63, 3.8) is 0 Å². The largest absolute Gasteiger partial charge is 0.479 e. The number of rotatable bonds is 23. The molecule has 118 heavy (non-hydrogen) atoms. The maximum absolute atomic E-state index is 13.1. The van der Waals surface area contributed by atoms with Gasteiger partial charge in [-0.1, -0.05) is 72.8 Å². The number of hydrogen-bond acceptors (Lipinski definition) is 40. The molecule has 41 nitrogen and oxygen atoms in total. The summed E-state index contributed by atoms with van der Waals surface area (Å²) in [6.45, 7) is 11.2. The minimum Gasteiger partial charge on any atom is -0.479 e. The molecule has 8 heterocycles. The summed E-state index contributed by atoms with van der Waals surface area (Å²) in [6, 6.07) is 0. The van der Waals surface area contributed by atoms with Crippen molar-refractivity contribution in [3.8, 4) is 0 Å². The Bertz CT molecular complexity index is 3400. The molecule has 49 atom stereocenters. The smallest absolute Gasteiger partial charge is 0.335 e. The number of ether oxygens (including phenoxy) is 16. The summed E-state index contributed by atoms with van der Waals surface area (Å²) in [6.07, 6.45) is -64.2. The second-order valence-electron chi connectivity index (χ2n) is 36.8.